The van der Waals surface area contributed by atoms with Gasteiger partial charge in [-0.3, -0.25) is 4.79 Å². The highest BCUT2D eigenvalue weighted by atomic mass is 79.9. The standard InChI is InChI=1S/C20H17BrF3NO4/c1-2-29-17(27)19(28,20(22,23)24)18(11-12-7-9-13(21)10-8-12)14-5-3-4-6-15(14)25-16(18)26/h3-10,28H,2,11H2,1H3,(H,25,26)/t18-,19-/m1/s1. The molecule has 2 atom stereocenters. The van der Waals surface area contributed by atoms with Crippen LogP contribution in [0.25, 0.3) is 0 Å². The zero-order valence-corrected chi connectivity index (χ0v) is 16.8. The van der Waals surface area contributed by atoms with E-state index >= 15 is 0 Å². The van der Waals surface area contributed by atoms with Crippen LogP contribution in [0.15, 0.2) is 53.0 Å². The van der Waals surface area contributed by atoms with Crippen molar-refractivity contribution in [3.8, 4) is 0 Å². The Labute approximate surface area is 173 Å². The predicted octanol–water partition coefficient (Wildman–Crippen LogP) is 3.74. The zero-order chi connectivity index (χ0) is 21.4. The van der Waals surface area contributed by atoms with E-state index in [4.69, 9.17) is 0 Å². The minimum atomic E-state index is -5.48. The first kappa shape index (κ1) is 21.3. The summed E-state index contributed by atoms with van der Waals surface area (Å²) in [5.74, 6) is -3.05. The lowest BCUT2D eigenvalue weighted by Gasteiger charge is -2.42. The maximum Gasteiger partial charge on any atom is 0.429 e. The predicted molar refractivity (Wildman–Crippen MR) is 102 cm³/mol. The fourth-order valence-electron chi connectivity index (χ4n) is 3.65. The lowest BCUT2D eigenvalue weighted by atomic mass is 9.63. The molecule has 0 saturated carbocycles. The normalized spacial score (nSPS) is 20.6. The molecule has 0 radical (unpaired) electrons. The van der Waals surface area contributed by atoms with E-state index in [0.717, 1.165) is 0 Å². The SMILES string of the molecule is CCOC(=O)[C@](O)(C(F)(F)F)[C@@]1(Cc2ccc(Br)cc2)C(=O)Nc2ccccc21. The Kier molecular flexibility index (Phi) is 5.48. The van der Waals surface area contributed by atoms with Crippen LogP contribution in [0.1, 0.15) is 18.1 Å². The van der Waals surface area contributed by atoms with Crippen molar-refractivity contribution in [1.29, 1.82) is 0 Å². The zero-order valence-electron chi connectivity index (χ0n) is 15.2. The molecule has 0 unspecified atom stereocenters. The lowest BCUT2D eigenvalue weighted by Crippen LogP contribution is -2.69. The van der Waals surface area contributed by atoms with E-state index in [9.17, 15) is 27.9 Å². The van der Waals surface area contributed by atoms with E-state index in [1.807, 2.05) is 0 Å². The number of para-hydroxylation sites is 1. The maximum absolute atomic E-state index is 14.3. The van der Waals surface area contributed by atoms with Crippen LogP contribution in [0.5, 0.6) is 0 Å². The van der Waals surface area contributed by atoms with Gasteiger partial charge in [0.25, 0.3) is 5.60 Å². The molecule has 2 aromatic rings. The van der Waals surface area contributed by atoms with Gasteiger partial charge in [0.05, 0.1) is 6.61 Å². The lowest BCUT2D eigenvalue weighted by molar-refractivity contribution is -0.280. The maximum atomic E-state index is 14.3. The number of hydrogen-bond donors (Lipinski definition) is 2. The summed E-state index contributed by atoms with van der Waals surface area (Å²) in [5.41, 5.74) is -6.46. The van der Waals surface area contributed by atoms with Gasteiger partial charge in [0.1, 0.15) is 5.41 Å². The van der Waals surface area contributed by atoms with Crippen molar-refractivity contribution < 1.29 is 32.6 Å². The molecule has 5 nitrogen and oxygen atoms in total. The molecule has 1 amide bonds. The molecule has 2 aromatic carbocycles. The number of rotatable bonds is 5. The number of anilines is 1. The monoisotopic (exact) mass is 471 g/mol. The number of fused-ring (bicyclic) bond motifs is 1. The van der Waals surface area contributed by atoms with Crippen molar-refractivity contribution in [2.45, 2.75) is 30.5 Å². The first-order valence-electron chi connectivity index (χ1n) is 8.69. The fraction of sp³-hybridized carbons (Fsp3) is 0.300. The molecule has 0 aromatic heterocycles. The second-order valence-corrected chi connectivity index (χ2v) is 7.55. The van der Waals surface area contributed by atoms with Crippen molar-refractivity contribution in [2.75, 3.05) is 11.9 Å². The van der Waals surface area contributed by atoms with E-state index < -0.39 is 42.1 Å². The highest BCUT2D eigenvalue weighted by Gasteiger charge is 2.77. The van der Waals surface area contributed by atoms with Gasteiger partial charge in [-0.1, -0.05) is 46.3 Å². The van der Waals surface area contributed by atoms with Gasteiger partial charge in [-0.25, -0.2) is 4.79 Å². The molecule has 3 rings (SSSR count). The minimum Gasteiger partial charge on any atom is -0.464 e. The molecule has 29 heavy (non-hydrogen) atoms. The van der Waals surface area contributed by atoms with Gasteiger partial charge in [-0.2, -0.15) is 13.2 Å². The number of amides is 1. The number of carbonyl (C=O) groups is 2. The third-order valence-corrected chi connectivity index (χ3v) is 5.53. The van der Waals surface area contributed by atoms with Crippen molar-refractivity contribution in [2.24, 2.45) is 0 Å². The molecule has 0 bridgehead atoms. The summed E-state index contributed by atoms with van der Waals surface area (Å²) in [4.78, 5) is 25.6. The summed E-state index contributed by atoms with van der Waals surface area (Å²) < 4.78 is 48.1. The number of halogens is 4. The van der Waals surface area contributed by atoms with Crippen LogP contribution in [-0.4, -0.2) is 35.4 Å². The second kappa shape index (κ2) is 7.46. The number of benzene rings is 2. The van der Waals surface area contributed by atoms with Gasteiger partial charge in [0, 0.05) is 10.2 Å². The van der Waals surface area contributed by atoms with Gasteiger partial charge >= 0.3 is 12.1 Å². The molecule has 0 fully saturated rings. The Morgan fingerprint density at radius 3 is 2.38 bits per heavy atom. The molecule has 1 aliphatic rings. The van der Waals surface area contributed by atoms with Crippen LogP contribution < -0.4 is 5.32 Å². The molecule has 154 valence electrons. The summed E-state index contributed by atoms with van der Waals surface area (Å²) in [6.07, 6.45) is -6.05. The summed E-state index contributed by atoms with van der Waals surface area (Å²) in [6, 6.07) is 11.9. The number of hydrogen-bond acceptors (Lipinski definition) is 4. The molecule has 0 spiro atoms. The number of esters is 1. The fourth-order valence-corrected chi connectivity index (χ4v) is 3.92. The van der Waals surface area contributed by atoms with Crippen LogP contribution in [-0.2, 0) is 26.2 Å². The van der Waals surface area contributed by atoms with E-state index in [1.54, 1.807) is 12.1 Å². The van der Waals surface area contributed by atoms with Crippen molar-refractivity contribution >= 4 is 33.5 Å². The first-order chi connectivity index (χ1) is 13.6. The third-order valence-electron chi connectivity index (χ3n) is 5.00. The largest absolute Gasteiger partial charge is 0.464 e. The Balaban J connectivity index is 2.32. The number of ether oxygens (including phenoxy) is 1. The third kappa shape index (κ3) is 3.22. The van der Waals surface area contributed by atoms with Gasteiger partial charge in [-0.05, 0) is 42.7 Å². The quantitative estimate of drug-likeness (QED) is 0.651. The van der Waals surface area contributed by atoms with Gasteiger partial charge in [0.15, 0.2) is 0 Å². The summed E-state index contributed by atoms with van der Waals surface area (Å²) >= 11 is 3.24. The van der Waals surface area contributed by atoms with Gasteiger partial charge in [0.2, 0.25) is 5.91 Å². The smallest absolute Gasteiger partial charge is 0.429 e. The summed E-state index contributed by atoms with van der Waals surface area (Å²) in [5, 5.41) is 13.3. The Bertz CT molecular complexity index is 947. The summed E-state index contributed by atoms with van der Waals surface area (Å²) in [6.45, 7) is 0.924. The van der Waals surface area contributed by atoms with Gasteiger partial charge in [-0.15, -0.1) is 0 Å². The van der Waals surface area contributed by atoms with E-state index in [2.05, 4.69) is 26.0 Å². The minimum absolute atomic E-state index is 0.0987. The van der Waals surface area contributed by atoms with Crippen LogP contribution in [0.2, 0.25) is 0 Å². The van der Waals surface area contributed by atoms with Crippen molar-refractivity contribution in [3.63, 3.8) is 0 Å². The molecular formula is C20H17BrF3NO4. The Morgan fingerprint density at radius 1 is 1.17 bits per heavy atom. The molecular weight excluding hydrogens is 455 g/mol. The van der Waals surface area contributed by atoms with Crippen LogP contribution in [0.4, 0.5) is 18.9 Å². The molecule has 9 heteroatoms. The highest BCUT2D eigenvalue weighted by molar-refractivity contribution is 9.10. The van der Waals surface area contributed by atoms with Crippen molar-refractivity contribution in [3.05, 3.63) is 64.1 Å². The second-order valence-electron chi connectivity index (χ2n) is 6.64. The van der Waals surface area contributed by atoms with E-state index in [0.29, 0.717) is 10.0 Å². The molecule has 1 heterocycles. The molecule has 0 saturated heterocycles. The molecule has 0 aliphatic carbocycles. The average Bonchev–Trinajstić information content (AvgIpc) is 2.95. The van der Waals surface area contributed by atoms with E-state index in [-0.39, 0.29) is 11.3 Å². The molecule has 2 N–H and O–H groups in total. The van der Waals surface area contributed by atoms with Crippen LogP contribution >= 0.6 is 15.9 Å². The number of carbonyl (C=O) groups excluding carboxylic acids is 2. The van der Waals surface area contributed by atoms with Crippen LogP contribution in [0, 0.1) is 0 Å². The van der Waals surface area contributed by atoms with E-state index in [1.165, 1.54) is 43.3 Å². The molecule has 1 aliphatic heterocycles. The Morgan fingerprint density at radius 2 is 1.79 bits per heavy atom. The first-order valence-corrected chi connectivity index (χ1v) is 9.49. The van der Waals surface area contributed by atoms with Crippen LogP contribution in [0.3, 0.4) is 0 Å². The Hall–Kier alpha value is -2.39. The number of alkyl halides is 3. The topological polar surface area (TPSA) is 75.6 Å². The summed E-state index contributed by atoms with van der Waals surface area (Å²) in [7, 11) is 0. The number of aliphatic hydroxyl groups is 1. The average molecular weight is 472 g/mol. The van der Waals surface area contributed by atoms with Gasteiger partial charge < -0.3 is 15.2 Å². The number of nitrogens with one attached hydrogen (secondary N) is 1. The highest BCUT2D eigenvalue weighted by Crippen LogP contribution is 2.53. The van der Waals surface area contributed by atoms with Crippen molar-refractivity contribution in [1.82, 2.24) is 0 Å².